The molecule has 0 bridgehead atoms. The SMILES string of the molecule is CC(C)C[C@@H](NC(=O)c1csc(Cc2ccccc2)n1)C(=O)O. The van der Waals surface area contributed by atoms with Crippen molar-refractivity contribution in [2.24, 2.45) is 5.92 Å². The second kappa shape index (κ2) is 7.87. The minimum atomic E-state index is -1.02. The van der Waals surface area contributed by atoms with Gasteiger partial charge in [-0.15, -0.1) is 11.3 Å². The number of nitrogens with zero attached hydrogens (tertiary/aromatic N) is 1. The van der Waals surface area contributed by atoms with Crippen LogP contribution in [0.4, 0.5) is 0 Å². The van der Waals surface area contributed by atoms with Gasteiger partial charge in [-0.1, -0.05) is 44.2 Å². The van der Waals surface area contributed by atoms with Crippen molar-refractivity contribution < 1.29 is 14.7 Å². The molecule has 1 heterocycles. The predicted octanol–water partition coefficient (Wildman–Crippen LogP) is 2.96. The topological polar surface area (TPSA) is 79.3 Å². The zero-order valence-electron chi connectivity index (χ0n) is 13.2. The summed E-state index contributed by atoms with van der Waals surface area (Å²) in [6, 6.07) is 8.99. The van der Waals surface area contributed by atoms with Gasteiger partial charge < -0.3 is 10.4 Å². The first kappa shape index (κ1) is 17.1. The van der Waals surface area contributed by atoms with Crippen LogP contribution in [0.3, 0.4) is 0 Å². The fourth-order valence-corrected chi connectivity index (χ4v) is 3.00. The second-order valence-corrected chi connectivity index (χ2v) is 6.73. The molecule has 5 nitrogen and oxygen atoms in total. The van der Waals surface area contributed by atoms with Crippen LogP contribution in [0, 0.1) is 5.92 Å². The Balaban J connectivity index is 2.01. The number of thiazole rings is 1. The van der Waals surface area contributed by atoms with E-state index in [2.05, 4.69) is 10.3 Å². The van der Waals surface area contributed by atoms with Crippen LogP contribution < -0.4 is 5.32 Å². The van der Waals surface area contributed by atoms with E-state index in [1.807, 2.05) is 44.2 Å². The fourth-order valence-electron chi connectivity index (χ4n) is 2.19. The van der Waals surface area contributed by atoms with E-state index in [4.69, 9.17) is 0 Å². The monoisotopic (exact) mass is 332 g/mol. The molecule has 23 heavy (non-hydrogen) atoms. The van der Waals surface area contributed by atoms with Crippen molar-refractivity contribution >= 4 is 23.2 Å². The molecule has 122 valence electrons. The van der Waals surface area contributed by atoms with Gasteiger partial charge in [0.1, 0.15) is 11.7 Å². The number of rotatable bonds is 7. The van der Waals surface area contributed by atoms with Crippen LogP contribution in [0.25, 0.3) is 0 Å². The Kier molecular flexibility index (Phi) is 5.87. The van der Waals surface area contributed by atoms with Crippen LogP contribution >= 0.6 is 11.3 Å². The average molecular weight is 332 g/mol. The summed E-state index contributed by atoms with van der Waals surface area (Å²) in [6.07, 6.45) is 1.05. The van der Waals surface area contributed by atoms with Crippen LogP contribution in [-0.4, -0.2) is 28.0 Å². The molecule has 0 aliphatic carbocycles. The Bertz CT molecular complexity index is 667. The summed E-state index contributed by atoms with van der Waals surface area (Å²) in [5.74, 6) is -1.28. The molecular formula is C17H20N2O3S. The minimum Gasteiger partial charge on any atom is -0.480 e. The number of carbonyl (C=O) groups is 2. The average Bonchev–Trinajstić information content (AvgIpc) is 2.95. The van der Waals surface area contributed by atoms with Gasteiger partial charge >= 0.3 is 5.97 Å². The van der Waals surface area contributed by atoms with Gasteiger partial charge in [0.2, 0.25) is 0 Å². The third kappa shape index (κ3) is 5.17. The molecule has 0 aliphatic rings. The molecule has 6 heteroatoms. The zero-order valence-corrected chi connectivity index (χ0v) is 14.0. The van der Waals surface area contributed by atoms with Gasteiger partial charge in [-0.05, 0) is 17.9 Å². The number of carboxylic acids is 1. The minimum absolute atomic E-state index is 0.181. The molecule has 1 atom stereocenters. The number of nitrogens with one attached hydrogen (secondary N) is 1. The van der Waals surface area contributed by atoms with Crippen LogP contribution in [-0.2, 0) is 11.2 Å². The van der Waals surface area contributed by atoms with Gasteiger partial charge in [-0.3, -0.25) is 4.79 Å². The summed E-state index contributed by atoms with van der Waals surface area (Å²) in [4.78, 5) is 27.7. The summed E-state index contributed by atoms with van der Waals surface area (Å²) in [5.41, 5.74) is 1.40. The van der Waals surface area contributed by atoms with Gasteiger partial charge in [0.25, 0.3) is 5.91 Å². The first-order valence-electron chi connectivity index (χ1n) is 7.47. The highest BCUT2D eigenvalue weighted by Crippen LogP contribution is 2.15. The molecule has 0 saturated heterocycles. The highest BCUT2D eigenvalue weighted by atomic mass is 32.1. The highest BCUT2D eigenvalue weighted by Gasteiger charge is 2.22. The first-order chi connectivity index (χ1) is 11.0. The summed E-state index contributed by atoms with van der Waals surface area (Å²) >= 11 is 1.40. The number of aromatic nitrogens is 1. The van der Waals surface area contributed by atoms with E-state index in [9.17, 15) is 14.7 Å². The molecule has 1 amide bonds. The van der Waals surface area contributed by atoms with Crippen molar-refractivity contribution in [3.63, 3.8) is 0 Å². The van der Waals surface area contributed by atoms with Crippen molar-refractivity contribution in [3.8, 4) is 0 Å². The normalized spacial score (nSPS) is 12.1. The molecule has 0 fully saturated rings. The van der Waals surface area contributed by atoms with Gasteiger partial charge in [0.15, 0.2) is 0 Å². The second-order valence-electron chi connectivity index (χ2n) is 5.78. The predicted molar refractivity (Wildman–Crippen MR) is 89.7 cm³/mol. The van der Waals surface area contributed by atoms with Crippen LogP contribution in [0.5, 0.6) is 0 Å². The van der Waals surface area contributed by atoms with E-state index >= 15 is 0 Å². The standard InChI is InChI=1S/C17H20N2O3S/c1-11(2)8-13(17(21)22)19-16(20)14-10-23-15(18-14)9-12-6-4-3-5-7-12/h3-7,10-11,13H,8-9H2,1-2H3,(H,19,20)(H,21,22)/t13-/m1/s1. The van der Waals surface area contributed by atoms with Crippen LogP contribution in [0.1, 0.15) is 41.3 Å². The summed E-state index contributed by atoms with van der Waals surface area (Å²) in [7, 11) is 0. The lowest BCUT2D eigenvalue weighted by Crippen LogP contribution is -2.41. The number of hydrogen-bond acceptors (Lipinski definition) is 4. The van der Waals surface area contributed by atoms with E-state index in [1.165, 1.54) is 11.3 Å². The maximum Gasteiger partial charge on any atom is 0.326 e. The molecule has 2 N–H and O–H groups in total. The van der Waals surface area contributed by atoms with Crippen LogP contribution in [0.15, 0.2) is 35.7 Å². The van der Waals surface area contributed by atoms with Gasteiger partial charge in [-0.25, -0.2) is 9.78 Å². The maximum atomic E-state index is 12.2. The molecule has 0 unspecified atom stereocenters. The number of carbonyl (C=O) groups excluding carboxylic acids is 1. The Hall–Kier alpha value is -2.21. The largest absolute Gasteiger partial charge is 0.480 e. The van der Waals surface area contributed by atoms with Crippen molar-refractivity contribution in [2.75, 3.05) is 0 Å². The Morgan fingerprint density at radius 3 is 2.57 bits per heavy atom. The molecule has 0 saturated carbocycles. The third-order valence-corrected chi connectivity index (χ3v) is 4.14. The number of aliphatic carboxylic acids is 1. The molecule has 1 aromatic heterocycles. The van der Waals surface area contributed by atoms with E-state index in [0.29, 0.717) is 12.8 Å². The first-order valence-corrected chi connectivity index (χ1v) is 8.35. The van der Waals surface area contributed by atoms with E-state index in [1.54, 1.807) is 5.38 Å². The smallest absolute Gasteiger partial charge is 0.326 e. The molecule has 2 aromatic rings. The number of hydrogen-bond donors (Lipinski definition) is 2. The maximum absolute atomic E-state index is 12.2. The van der Waals surface area contributed by atoms with Crippen molar-refractivity contribution in [3.05, 3.63) is 52.0 Å². The molecule has 0 radical (unpaired) electrons. The van der Waals surface area contributed by atoms with E-state index in [0.717, 1.165) is 10.6 Å². The summed E-state index contributed by atoms with van der Waals surface area (Å²) < 4.78 is 0. The molecule has 2 rings (SSSR count). The molecule has 1 aromatic carbocycles. The van der Waals surface area contributed by atoms with Gasteiger partial charge in [-0.2, -0.15) is 0 Å². The van der Waals surface area contributed by atoms with Crippen molar-refractivity contribution in [1.29, 1.82) is 0 Å². The zero-order chi connectivity index (χ0) is 16.8. The van der Waals surface area contributed by atoms with Gasteiger partial charge in [0, 0.05) is 11.8 Å². The lowest BCUT2D eigenvalue weighted by molar-refractivity contribution is -0.139. The number of carboxylic acid groups (broad SMARTS) is 1. The Morgan fingerprint density at radius 2 is 1.96 bits per heavy atom. The third-order valence-electron chi connectivity index (χ3n) is 3.29. The van der Waals surface area contributed by atoms with E-state index < -0.39 is 17.9 Å². The molecule has 0 aliphatic heterocycles. The van der Waals surface area contributed by atoms with Crippen molar-refractivity contribution in [1.82, 2.24) is 10.3 Å². The van der Waals surface area contributed by atoms with Crippen LogP contribution in [0.2, 0.25) is 0 Å². The lowest BCUT2D eigenvalue weighted by atomic mass is 10.0. The summed E-state index contributed by atoms with van der Waals surface area (Å²) in [6.45, 7) is 3.84. The molecule has 0 spiro atoms. The molecular weight excluding hydrogens is 312 g/mol. The van der Waals surface area contributed by atoms with E-state index in [-0.39, 0.29) is 11.6 Å². The number of amides is 1. The Morgan fingerprint density at radius 1 is 1.26 bits per heavy atom. The van der Waals surface area contributed by atoms with Gasteiger partial charge in [0.05, 0.1) is 5.01 Å². The summed E-state index contributed by atoms with van der Waals surface area (Å²) in [5, 5.41) is 14.2. The Labute approximate surface area is 139 Å². The lowest BCUT2D eigenvalue weighted by Gasteiger charge is -2.15. The van der Waals surface area contributed by atoms with Crippen molar-refractivity contribution in [2.45, 2.75) is 32.7 Å². The number of benzene rings is 1. The highest BCUT2D eigenvalue weighted by molar-refractivity contribution is 7.09. The fraction of sp³-hybridized carbons (Fsp3) is 0.353. The quantitative estimate of drug-likeness (QED) is 0.817.